The number of nitrogens with two attached hydrogens (primary N) is 1. The molecule has 6 rings (SSSR count). The van der Waals surface area contributed by atoms with E-state index in [-0.39, 0.29) is 15.9 Å². The number of H-pyrrole nitrogens is 1. The number of benzene rings is 3. The molecule has 0 spiro atoms. The van der Waals surface area contributed by atoms with Crippen LogP contribution in [0.4, 0.5) is 33.6 Å². The Morgan fingerprint density at radius 1 is 0.850 bits per heavy atom. The van der Waals surface area contributed by atoms with E-state index in [9.17, 15) is 13.9 Å². The Labute approximate surface area is 229 Å². The van der Waals surface area contributed by atoms with Crippen LogP contribution < -0.4 is 21.7 Å². The van der Waals surface area contributed by atoms with Crippen molar-refractivity contribution < 1.29 is 13.9 Å². The average Bonchev–Trinajstić information content (AvgIpc) is 3.42. The maximum Gasteiger partial charge on any atom is 0.323 e. The third-order valence-electron chi connectivity index (χ3n) is 6.01. The normalized spacial score (nSPS) is 11.8. The van der Waals surface area contributed by atoms with E-state index in [0.29, 0.717) is 39.4 Å². The van der Waals surface area contributed by atoms with Gasteiger partial charge in [-0.1, -0.05) is 36.4 Å². The summed E-state index contributed by atoms with van der Waals surface area (Å²) < 4.78 is 23.1. The van der Waals surface area contributed by atoms with Gasteiger partial charge in [-0.3, -0.25) is 14.2 Å². The summed E-state index contributed by atoms with van der Waals surface area (Å²) in [6.07, 6.45) is 1.54. The molecule has 12 nitrogen and oxygen atoms in total. The van der Waals surface area contributed by atoms with Gasteiger partial charge in [-0.25, -0.2) is 9.78 Å². The SMILES string of the molecule is Nc1nc(Nc2cc3ccccc3nc2S(O)(O)c2ccc(NC(=O)Nc3ccccc3)cc2)c2cn[nH]c2n1. The van der Waals surface area contributed by atoms with Crippen LogP contribution in [0.15, 0.2) is 101 Å². The summed E-state index contributed by atoms with van der Waals surface area (Å²) in [6, 6.07) is 23.9. The van der Waals surface area contributed by atoms with E-state index in [4.69, 9.17) is 5.73 Å². The molecule has 0 radical (unpaired) electrons. The molecule has 0 fully saturated rings. The summed E-state index contributed by atoms with van der Waals surface area (Å²) in [5.41, 5.74) is 8.32. The van der Waals surface area contributed by atoms with Gasteiger partial charge in [-0.15, -0.1) is 10.6 Å². The van der Waals surface area contributed by atoms with Crippen molar-refractivity contribution >= 4 is 67.4 Å². The predicted molar refractivity (Wildman–Crippen MR) is 156 cm³/mol. The fraction of sp³-hybridized carbons (Fsp3) is 0. The molecule has 0 saturated heterocycles. The number of nitrogens with zero attached hydrogens (tertiary/aromatic N) is 4. The lowest BCUT2D eigenvalue weighted by atomic mass is 10.2. The van der Waals surface area contributed by atoms with E-state index >= 15 is 0 Å². The number of fused-ring (bicyclic) bond motifs is 2. The zero-order valence-electron chi connectivity index (χ0n) is 20.7. The van der Waals surface area contributed by atoms with E-state index < -0.39 is 16.6 Å². The van der Waals surface area contributed by atoms with Crippen LogP contribution in [0, 0.1) is 0 Å². The van der Waals surface area contributed by atoms with E-state index in [1.54, 1.807) is 42.6 Å². The maximum atomic E-state index is 12.4. The van der Waals surface area contributed by atoms with Crippen molar-refractivity contribution in [1.29, 1.82) is 0 Å². The highest BCUT2D eigenvalue weighted by molar-refractivity contribution is 8.24. The summed E-state index contributed by atoms with van der Waals surface area (Å²) >= 11 is 0. The molecule has 40 heavy (non-hydrogen) atoms. The van der Waals surface area contributed by atoms with Crippen molar-refractivity contribution in [2.45, 2.75) is 9.92 Å². The second kappa shape index (κ2) is 10.1. The number of hydrogen-bond donors (Lipinski definition) is 7. The molecule has 8 N–H and O–H groups in total. The molecule has 0 saturated carbocycles. The number of amides is 2. The van der Waals surface area contributed by atoms with Crippen molar-refractivity contribution in [2.24, 2.45) is 0 Å². The Morgan fingerprint density at radius 2 is 1.55 bits per heavy atom. The lowest BCUT2D eigenvalue weighted by Crippen LogP contribution is -2.19. The molecule has 0 aliphatic heterocycles. The van der Waals surface area contributed by atoms with Gasteiger partial charge in [0.15, 0.2) is 10.7 Å². The Morgan fingerprint density at radius 3 is 2.33 bits per heavy atom. The molecular formula is C27H23N9O3S. The van der Waals surface area contributed by atoms with Gasteiger partial charge in [0.05, 0.1) is 27.7 Å². The van der Waals surface area contributed by atoms with Gasteiger partial charge in [-0.05, 0) is 48.5 Å². The van der Waals surface area contributed by atoms with Crippen LogP contribution in [-0.4, -0.2) is 40.3 Å². The highest BCUT2D eigenvalue weighted by Crippen LogP contribution is 2.58. The number of carbonyl (C=O) groups is 1. The quantitative estimate of drug-likeness (QED) is 0.129. The predicted octanol–water partition coefficient (Wildman–Crippen LogP) is 6.04. The largest absolute Gasteiger partial charge is 0.368 e. The molecular weight excluding hydrogens is 530 g/mol. The first kappa shape index (κ1) is 25.1. The number of pyridine rings is 1. The number of aromatic amines is 1. The molecule has 0 unspecified atom stereocenters. The van der Waals surface area contributed by atoms with E-state index in [2.05, 4.69) is 41.1 Å². The standard InChI is InChI=1S/C27H23N9O3S/c28-26-34-23(20-15-29-36-24(20)35-26)32-22-14-16-6-4-5-9-21(16)33-25(22)40(38,39)19-12-10-18(11-13-19)31-27(37)30-17-7-2-1-3-8-17/h1-15,38-39H,(H2,30,31,37)(H4,28,29,32,34,35,36). The molecule has 6 aromatic rings. The van der Waals surface area contributed by atoms with Crippen molar-refractivity contribution in [3.8, 4) is 0 Å². The molecule has 3 aromatic carbocycles. The number of anilines is 5. The molecule has 3 heterocycles. The number of para-hydroxylation sites is 2. The van der Waals surface area contributed by atoms with Crippen LogP contribution in [-0.2, 0) is 0 Å². The molecule has 0 aliphatic carbocycles. The van der Waals surface area contributed by atoms with Crippen molar-refractivity contribution in [2.75, 3.05) is 21.7 Å². The first-order valence-electron chi connectivity index (χ1n) is 12.0. The summed E-state index contributed by atoms with van der Waals surface area (Å²) in [7, 11) is -3.63. The molecule has 200 valence electrons. The smallest absolute Gasteiger partial charge is 0.323 e. The van der Waals surface area contributed by atoms with E-state index in [1.807, 2.05) is 36.4 Å². The van der Waals surface area contributed by atoms with Crippen molar-refractivity contribution in [1.82, 2.24) is 25.1 Å². The zero-order valence-corrected chi connectivity index (χ0v) is 21.6. The summed E-state index contributed by atoms with van der Waals surface area (Å²) in [6.45, 7) is 0. The lowest BCUT2D eigenvalue weighted by molar-refractivity contribution is 0.262. The van der Waals surface area contributed by atoms with E-state index in [1.165, 1.54) is 12.1 Å². The minimum atomic E-state index is -3.63. The van der Waals surface area contributed by atoms with Gasteiger partial charge in [0.1, 0.15) is 5.82 Å². The van der Waals surface area contributed by atoms with Gasteiger partial charge >= 0.3 is 6.03 Å². The van der Waals surface area contributed by atoms with Crippen LogP contribution in [0.1, 0.15) is 0 Å². The first-order chi connectivity index (χ1) is 19.4. The number of urea groups is 1. The molecule has 0 atom stereocenters. The summed E-state index contributed by atoms with van der Waals surface area (Å²) in [4.78, 5) is 25.6. The molecule has 3 aromatic heterocycles. The van der Waals surface area contributed by atoms with Gasteiger partial charge in [0.2, 0.25) is 5.95 Å². The minimum absolute atomic E-state index is 0.0144. The fourth-order valence-corrected chi connectivity index (χ4v) is 5.52. The fourth-order valence-electron chi connectivity index (χ4n) is 4.13. The number of hydrogen-bond acceptors (Lipinski definition) is 9. The maximum absolute atomic E-state index is 12.4. The van der Waals surface area contributed by atoms with Gasteiger partial charge in [0.25, 0.3) is 0 Å². The Bertz CT molecular complexity index is 1840. The van der Waals surface area contributed by atoms with Crippen molar-refractivity contribution in [3.63, 3.8) is 0 Å². The first-order valence-corrected chi connectivity index (χ1v) is 13.6. The molecule has 0 bridgehead atoms. The third kappa shape index (κ3) is 4.94. The van der Waals surface area contributed by atoms with Gasteiger partial charge in [-0.2, -0.15) is 15.1 Å². The lowest BCUT2D eigenvalue weighted by Gasteiger charge is -2.33. The second-order valence-electron chi connectivity index (χ2n) is 8.74. The third-order valence-corrected chi connectivity index (χ3v) is 7.79. The Kier molecular flexibility index (Phi) is 6.36. The Balaban J connectivity index is 1.33. The van der Waals surface area contributed by atoms with Crippen LogP contribution in [0.5, 0.6) is 0 Å². The van der Waals surface area contributed by atoms with Gasteiger partial charge < -0.3 is 21.7 Å². The second-order valence-corrected chi connectivity index (χ2v) is 10.7. The van der Waals surface area contributed by atoms with Crippen LogP contribution in [0.2, 0.25) is 0 Å². The number of nitrogen functional groups attached to an aromatic ring is 1. The topological polar surface area (TPSA) is 187 Å². The monoisotopic (exact) mass is 553 g/mol. The summed E-state index contributed by atoms with van der Waals surface area (Å²) in [5.74, 6) is 0.342. The van der Waals surface area contributed by atoms with Crippen LogP contribution >= 0.6 is 10.6 Å². The number of nitrogens with one attached hydrogen (secondary N) is 4. The average molecular weight is 554 g/mol. The van der Waals surface area contributed by atoms with Crippen LogP contribution in [0.25, 0.3) is 21.9 Å². The minimum Gasteiger partial charge on any atom is -0.368 e. The van der Waals surface area contributed by atoms with E-state index in [0.717, 1.165) is 5.39 Å². The van der Waals surface area contributed by atoms with Crippen LogP contribution in [0.3, 0.4) is 0 Å². The van der Waals surface area contributed by atoms with Crippen molar-refractivity contribution in [3.05, 3.63) is 91.1 Å². The number of carbonyl (C=O) groups excluding carboxylic acids is 1. The molecule has 2 amide bonds. The Hall–Kier alpha value is -5.24. The molecule has 0 aliphatic rings. The number of aromatic nitrogens is 5. The van der Waals surface area contributed by atoms with Gasteiger partial charge in [0, 0.05) is 16.8 Å². The highest BCUT2D eigenvalue weighted by atomic mass is 32.3. The zero-order chi connectivity index (χ0) is 27.7. The molecule has 13 heteroatoms. The highest BCUT2D eigenvalue weighted by Gasteiger charge is 2.26. The number of rotatable bonds is 6. The summed E-state index contributed by atoms with van der Waals surface area (Å²) in [5, 5.41) is 16.7.